The molecule has 2 aliphatic rings. The predicted octanol–water partition coefficient (Wildman–Crippen LogP) is 3.75. The van der Waals surface area contributed by atoms with Crippen molar-refractivity contribution in [2.75, 3.05) is 13.7 Å². The van der Waals surface area contributed by atoms with E-state index < -0.39 is 23.5 Å². The maximum atomic E-state index is 13.4. The molecule has 1 spiro atoms. The Morgan fingerprint density at radius 1 is 1.12 bits per heavy atom. The zero-order valence-electron chi connectivity index (χ0n) is 18.7. The lowest BCUT2D eigenvalue weighted by atomic mass is 9.80. The Hall–Kier alpha value is -3.65. The van der Waals surface area contributed by atoms with Gasteiger partial charge >= 0.3 is 6.03 Å². The van der Waals surface area contributed by atoms with Crippen LogP contribution in [0.2, 0.25) is 0 Å². The van der Waals surface area contributed by atoms with Gasteiger partial charge in [0.1, 0.15) is 17.8 Å². The molecule has 2 N–H and O–H groups in total. The van der Waals surface area contributed by atoms with Crippen LogP contribution in [0.3, 0.4) is 0 Å². The molecule has 7 nitrogen and oxygen atoms in total. The Kier molecular flexibility index (Phi) is 5.83. The Morgan fingerprint density at radius 2 is 1.85 bits per heavy atom. The summed E-state index contributed by atoms with van der Waals surface area (Å²) in [6, 6.07) is 18.0. The van der Waals surface area contributed by atoms with Crippen LogP contribution in [0.25, 0.3) is 0 Å². The molecule has 2 aromatic carbocycles. The molecule has 0 unspecified atom stereocenters. The van der Waals surface area contributed by atoms with E-state index in [1.807, 2.05) is 66.0 Å². The highest BCUT2D eigenvalue weighted by Gasteiger charge is 2.54. The van der Waals surface area contributed by atoms with E-state index in [0.717, 1.165) is 39.3 Å². The first-order chi connectivity index (χ1) is 16.5. The number of urea groups is 1. The van der Waals surface area contributed by atoms with Gasteiger partial charge in [0.25, 0.3) is 5.91 Å². The molecule has 5 rings (SSSR count). The Morgan fingerprint density at radius 3 is 2.59 bits per heavy atom. The third-order valence-corrected chi connectivity index (χ3v) is 7.51. The molecule has 0 saturated carbocycles. The summed E-state index contributed by atoms with van der Waals surface area (Å²) in [5.74, 6) is -0.0499. The van der Waals surface area contributed by atoms with Crippen molar-refractivity contribution in [3.05, 3.63) is 87.6 Å². The van der Waals surface area contributed by atoms with Gasteiger partial charge in [-0.2, -0.15) is 0 Å². The minimum atomic E-state index is -1.06. The quantitative estimate of drug-likeness (QED) is 0.532. The molecule has 4 amide bonds. The van der Waals surface area contributed by atoms with Crippen molar-refractivity contribution < 1.29 is 19.1 Å². The van der Waals surface area contributed by atoms with Crippen LogP contribution in [-0.4, -0.2) is 36.4 Å². The smallest absolute Gasteiger partial charge is 0.325 e. The number of nitrogens with zero attached hydrogens (tertiary/aromatic N) is 1. The first kappa shape index (κ1) is 22.2. The summed E-state index contributed by atoms with van der Waals surface area (Å²) in [5.41, 5.74) is 1.57. The maximum Gasteiger partial charge on any atom is 0.325 e. The maximum absolute atomic E-state index is 13.4. The highest BCUT2D eigenvalue weighted by atomic mass is 32.1. The number of nitrogens with one attached hydrogen (secondary N) is 2. The molecule has 2 heterocycles. The molecule has 1 fully saturated rings. The first-order valence-corrected chi connectivity index (χ1v) is 12.1. The van der Waals surface area contributed by atoms with Crippen molar-refractivity contribution in [3.8, 4) is 5.75 Å². The average Bonchev–Trinajstić information content (AvgIpc) is 3.44. The van der Waals surface area contributed by atoms with Gasteiger partial charge in [0.05, 0.1) is 13.2 Å². The topological polar surface area (TPSA) is 87.7 Å². The van der Waals surface area contributed by atoms with Crippen molar-refractivity contribution in [2.45, 2.75) is 30.8 Å². The standard InChI is InChI=1S/C26H25N3O4S/c1-33-19-11-9-18(10-12-19)23(17-6-3-2-4-7-17)27-22(30)16-29-24(31)26(28-25(29)32)14-5-8-21-20(26)13-15-34-21/h2-4,6-7,9-13,15,23H,5,8,14,16H2,1H3,(H,27,30)(H,28,32)/t23-,26+/m0/s1. The van der Waals surface area contributed by atoms with Crippen LogP contribution in [0.1, 0.15) is 40.5 Å². The lowest BCUT2D eigenvalue weighted by molar-refractivity contribution is -0.135. The molecule has 0 bridgehead atoms. The minimum absolute atomic E-state index is 0.342. The number of rotatable bonds is 6. The summed E-state index contributed by atoms with van der Waals surface area (Å²) < 4.78 is 5.25. The molecular formula is C26H25N3O4S. The molecule has 34 heavy (non-hydrogen) atoms. The number of methoxy groups -OCH3 is 1. The number of aryl methyl sites for hydroxylation is 1. The summed E-state index contributed by atoms with van der Waals surface area (Å²) >= 11 is 1.60. The van der Waals surface area contributed by atoms with E-state index in [1.165, 1.54) is 0 Å². The molecule has 2 atom stereocenters. The molecule has 1 aromatic heterocycles. The van der Waals surface area contributed by atoms with Crippen LogP contribution >= 0.6 is 11.3 Å². The molecule has 1 saturated heterocycles. The van der Waals surface area contributed by atoms with Crippen LogP contribution in [0, 0.1) is 0 Å². The summed E-state index contributed by atoms with van der Waals surface area (Å²) in [6.07, 6.45) is 2.25. The SMILES string of the molecule is COc1ccc([C@@H](NC(=O)CN2C(=O)N[C@@]3(CCCc4sccc43)C2=O)c2ccccc2)cc1. The Balaban J connectivity index is 1.37. The number of carbonyl (C=O) groups excluding carboxylic acids is 3. The summed E-state index contributed by atoms with van der Waals surface area (Å²) in [7, 11) is 1.60. The number of benzene rings is 2. The second kappa shape index (κ2) is 8.95. The minimum Gasteiger partial charge on any atom is -0.497 e. The van der Waals surface area contributed by atoms with Gasteiger partial charge in [-0.25, -0.2) is 4.79 Å². The number of thiophene rings is 1. The van der Waals surface area contributed by atoms with Gasteiger partial charge in [0, 0.05) is 10.4 Å². The van der Waals surface area contributed by atoms with Gasteiger partial charge in [-0.15, -0.1) is 11.3 Å². The number of hydrogen-bond acceptors (Lipinski definition) is 5. The van der Waals surface area contributed by atoms with E-state index in [9.17, 15) is 14.4 Å². The van der Waals surface area contributed by atoms with E-state index in [2.05, 4.69) is 10.6 Å². The molecule has 1 aliphatic carbocycles. The van der Waals surface area contributed by atoms with Gasteiger partial charge in [0.15, 0.2) is 0 Å². The summed E-state index contributed by atoms with van der Waals surface area (Å²) in [4.78, 5) is 41.6. The van der Waals surface area contributed by atoms with Gasteiger partial charge in [0.2, 0.25) is 5.91 Å². The van der Waals surface area contributed by atoms with Gasteiger partial charge in [-0.3, -0.25) is 14.5 Å². The largest absolute Gasteiger partial charge is 0.497 e. The van der Waals surface area contributed by atoms with Crippen molar-refractivity contribution in [2.24, 2.45) is 0 Å². The summed E-state index contributed by atoms with van der Waals surface area (Å²) in [5, 5.41) is 7.86. The average molecular weight is 476 g/mol. The van der Waals surface area contributed by atoms with Gasteiger partial charge in [-0.1, -0.05) is 42.5 Å². The van der Waals surface area contributed by atoms with Crippen molar-refractivity contribution in [1.82, 2.24) is 15.5 Å². The van der Waals surface area contributed by atoms with Crippen molar-refractivity contribution in [3.63, 3.8) is 0 Å². The van der Waals surface area contributed by atoms with Crippen LogP contribution in [0.15, 0.2) is 66.0 Å². The van der Waals surface area contributed by atoms with Gasteiger partial charge in [-0.05, 0) is 54.0 Å². The van der Waals surface area contributed by atoms with E-state index in [4.69, 9.17) is 4.74 Å². The van der Waals surface area contributed by atoms with E-state index in [1.54, 1.807) is 18.4 Å². The summed E-state index contributed by atoms with van der Waals surface area (Å²) in [6.45, 7) is -0.342. The highest BCUT2D eigenvalue weighted by Crippen LogP contribution is 2.42. The second-order valence-electron chi connectivity index (χ2n) is 8.52. The zero-order chi connectivity index (χ0) is 23.7. The first-order valence-electron chi connectivity index (χ1n) is 11.2. The molecular weight excluding hydrogens is 450 g/mol. The highest BCUT2D eigenvalue weighted by molar-refractivity contribution is 7.10. The van der Waals surface area contributed by atoms with Crippen LogP contribution in [0.4, 0.5) is 4.79 Å². The van der Waals surface area contributed by atoms with Crippen LogP contribution in [0.5, 0.6) is 5.75 Å². The third-order valence-electron chi connectivity index (χ3n) is 6.53. The lowest BCUT2D eigenvalue weighted by Gasteiger charge is -2.31. The number of imide groups is 1. The third kappa shape index (κ3) is 3.84. The number of fused-ring (bicyclic) bond motifs is 2. The number of amides is 4. The second-order valence-corrected chi connectivity index (χ2v) is 9.52. The normalized spacial score (nSPS) is 20.1. The number of carbonyl (C=O) groups is 3. The fourth-order valence-corrected chi connectivity index (χ4v) is 5.84. The number of hydrogen-bond donors (Lipinski definition) is 2. The lowest BCUT2D eigenvalue weighted by Crippen LogP contribution is -2.47. The van der Waals surface area contributed by atoms with Crippen molar-refractivity contribution in [1.29, 1.82) is 0 Å². The van der Waals surface area contributed by atoms with E-state index >= 15 is 0 Å². The zero-order valence-corrected chi connectivity index (χ0v) is 19.6. The molecule has 174 valence electrons. The Labute approximate surface area is 201 Å². The fraction of sp³-hybridized carbons (Fsp3) is 0.269. The van der Waals surface area contributed by atoms with E-state index in [0.29, 0.717) is 12.2 Å². The number of ether oxygens (including phenoxy) is 1. The molecule has 3 aromatic rings. The Bertz CT molecular complexity index is 1220. The predicted molar refractivity (Wildman–Crippen MR) is 129 cm³/mol. The van der Waals surface area contributed by atoms with Gasteiger partial charge < -0.3 is 15.4 Å². The molecule has 0 radical (unpaired) electrons. The molecule has 8 heteroatoms. The van der Waals surface area contributed by atoms with Crippen LogP contribution < -0.4 is 15.4 Å². The van der Waals surface area contributed by atoms with E-state index in [-0.39, 0.29) is 12.5 Å². The monoisotopic (exact) mass is 475 g/mol. The van der Waals surface area contributed by atoms with Crippen molar-refractivity contribution >= 4 is 29.2 Å². The molecule has 1 aliphatic heterocycles. The van der Waals surface area contributed by atoms with Crippen LogP contribution in [-0.2, 0) is 21.5 Å². The fourth-order valence-electron chi connectivity index (χ4n) is 4.84.